The number of Topliss-reactive ketones (excluding diaryl/α,β-unsaturated/α-hetero) is 1. The Bertz CT molecular complexity index is 1310. The third kappa shape index (κ3) is 3.36. The lowest BCUT2D eigenvalue weighted by molar-refractivity contribution is -0.132. The summed E-state index contributed by atoms with van der Waals surface area (Å²) in [6.07, 6.45) is 0. The standard InChI is InChI=1S/C24H15BrN2O3S/c25-16-12-10-14(11-13-16)20-19(21(28)15-6-2-1-3-7-15)22(29)23(30)27(20)24-26-17-8-4-5-9-18(17)31-24/h1-13,20,28H/b21-19+. The highest BCUT2D eigenvalue weighted by molar-refractivity contribution is 9.10. The molecule has 5 nitrogen and oxygen atoms in total. The molecule has 1 aliphatic heterocycles. The van der Waals surface area contributed by atoms with Gasteiger partial charge in [-0.15, -0.1) is 0 Å². The van der Waals surface area contributed by atoms with Crippen molar-refractivity contribution in [2.45, 2.75) is 6.04 Å². The number of nitrogens with zero attached hydrogens (tertiary/aromatic N) is 2. The molecule has 0 radical (unpaired) electrons. The van der Waals surface area contributed by atoms with Crippen LogP contribution in [0.25, 0.3) is 16.0 Å². The van der Waals surface area contributed by atoms with Crippen LogP contribution in [0.15, 0.2) is 88.9 Å². The maximum atomic E-state index is 13.2. The van der Waals surface area contributed by atoms with Gasteiger partial charge in [0.2, 0.25) is 0 Å². The van der Waals surface area contributed by atoms with E-state index in [2.05, 4.69) is 20.9 Å². The number of amides is 1. The molecular weight excluding hydrogens is 476 g/mol. The van der Waals surface area contributed by atoms with E-state index in [1.807, 2.05) is 54.6 Å². The van der Waals surface area contributed by atoms with Crippen molar-refractivity contribution >= 4 is 60.1 Å². The maximum Gasteiger partial charge on any atom is 0.301 e. The van der Waals surface area contributed by atoms with Crippen LogP contribution < -0.4 is 4.90 Å². The molecule has 152 valence electrons. The van der Waals surface area contributed by atoms with Gasteiger partial charge in [0.25, 0.3) is 5.78 Å². The van der Waals surface area contributed by atoms with Crippen molar-refractivity contribution in [2.75, 3.05) is 4.90 Å². The summed E-state index contributed by atoms with van der Waals surface area (Å²) in [5.74, 6) is -1.63. The Morgan fingerprint density at radius 3 is 2.32 bits per heavy atom. The number of anilines is 1. The summed E-state index contributed by atoms with van der Waals surface area (Å²) in [7, 11) is 0. The lowest BCUT2D eigenvalue weighted by atomic mass is 9.95. The van der Waals surface area contributed by atoms with E-state index in [0.717, 1.165) is 14.7 Å². The van der Waals surface area contributed by atoms with Crippen molar-refractivity contribution in [3.8, 4) is 0 Å². The maximum absolute atomic E-state index is 13.2. The zero-order chi connectivity index (χ0) is 21.5. The summed E-state index contributed by atoms with van der Waals surface area (Å²) in [5, 5.41) is 11.5. The first-order valence-electron chi connectivity index (χ1n) is 9.52. The number of carbonyl (C=O) groups is 2. The van der Waals surface area contributed by atoms with Gasteiger partial charge in [-0.2, -0.15) is 0 Å². The second-order valence-electron chi connectivity index (χ2n) is 7.05. The minimum Gasteiger partial charge on any atom is -0.507 e. The summed E-state index contributed by atoms with van der Waals surface area (Å²) in [4.78, 5) is 32.3. The highest BCUT2D eigenvalue weighted by Crippen LogP contribution is 2.44. The van der Waals surface area contributed by atoms with E-state index in [1.165, 1.54) is 16.2 Å². The molecule has 1 atom stereocenters. The zero-order valence-corrected chi connectivity index (χ0v) is 18.4. The number of ketones is 1. The number of rotatable bonds is 3. The first-order chi connectivity index (χ1) is 15.0. The van der Waals surface area contributed by atoms with Crippen molar-refractivity contribution in [2.24, 2.45) is 0 Å². The van der Waals surface area contributed by atoms with Crippen LogP contribution in [0.4, 0.5) is 5.13 Å². The molecule has 1 amide bonds. The molecule has 31 heavy (non-hydrogen) atoms. The normalized spacial score (nSPS) is 18.1. The second-order valence-corrected chi connectivity index (χ2v) is 8.98. The Kier molecular flexibility index (Phi) is 4.92. The summed E-state index contributed by atoms with van der Waals surface area (Å²) in [6.45, 7) is 0. The van der Waals surface area contributed by atoms with Crippen LogP contribution in [-0.2, 0) is 9.59 Å². The molecule has 5 rings (SSSR count). The number of hydrogen-bond donors (Lipinski definition) is 1. The molecule has 1 fully saturated rings. The Hall–Kier alpha value is -3.29. The molecule has 1 unspecified atom stereocenters. The molecular formula is C24H15BrN2O3S. The molecule has 0 aliphatic carbocycles. The Labute approximate surface area is 190 Å². The predicted molar refractivity (Wildman–Crippen MR) is 125 cm³/mol. The van der Waals surface area contributed by atoms with Crippen LogP contribution in [0.5, 0.6) is 0 Å². The Morgan fingerprint density at radius 1 is 0.935 bits per heavy atom. The lowest BCUT2D eigenvalue weighted by Gasteiger charge is -2.23. The molecule has 1 aliphatic rings. The van der Waals surface area contributed by atoms with Gasteiger partial charge in [-0.05, 0) is 29.8 Å². The second kappa shape index (κ2) is 7.76. The SMILES string of the molecule is O=C1C(=O)N(c2nc3ccccc3s2)C(c2ccc(Br)cc2)/C1=C(\O)c1ccccc1. The number of carbonyl (C=O) groups excluding carboxylic acids is 2. The van der Waals surface area contributed by atoms with Gasteiger partial charge in [-0.1, -0.05) is 81.9 Å². The minimum atomic E-state index is -0.783. The Balaban J connectivity index is 1.74. The number of hydrogen-bond acceptors (Lipinski definition) is 5. The van der Waals surface area contributed by atoms with Crippen molar-refractivity contribution < 1.29 is 14.7 Å². The number of benzene rings is 3. The monoisotopic (exact) mass is 490 g/mol. The third-order valence-corrected chi connectivity index (χ3v) is 6.73. The summed E-state index contributed by atoms with van der Waals surface area (Å²) in [5.41, 5.74) is 1.99. The topological polar surface area (TPSA) is 70.5 Å². The molecule has 1 N–H and O–H groups in total. The molecule has 4 aromatic rings. The molecule has 0 saturated carbocycles. The van der Waals surface area contributed by atoms with Gasteiger partial charge in [0, 0.05) is 10.0 Å². The number of aliphatic hydroxyl groups excluding tert-OH is 1. The van der Waals surface area contributed by atoms with Crippen molar-refractivity contribution in [3.05, 3.63) is 100 Å². The van der Waals surface area contributed by atoms with Crippen LogP contribution in [-0.4, -0.2) is 21.8 Å². The van der Waals surface area contributed by atoms with E-state index < -0.39 is 17.7 Å². The van der Waals surface area contributed by atoms with Gasteiger partial charge in [0.05, 0.1) is 21.8 Å². The van der Waals surface area contributed by atoms with E-state index in [9.17, 15) is 14.7 Å². The van der Waals surface area contributed by atoms with Crippen LogP contribution in [0, 0.1) is 0 Å². The molecule has 1 saturated heterocycles. The van der Waals surface area contributed by atoms with E-state index in [0.29, 0.717) is 16.3 Å². The number of aliphatic hydroxyl groups is 1. The van der Waals surface area contributed by atoms with Crippen molar-refractivity contribution in [1.82, 2.24) is 4.98 Å². The number of thiazole rings is 1. The van der Waals surface area contributed by atoms with Crippen molar-refractivity contribution in [3.63, 3.8) is 0 Å². The quantitative estimate of drug-likeness (QED) is 0.227. The zero-order valence-electron chi connectivity index (χ0n) is 16.0. The molecule has 3 aromatic carbocycles. The predicted octanol–water partition coefficient (Wildman–Crippen LogP) is 5.69. The molecule has 7 heteroatoms. The molecule has 1 aromatic heterocycles. The minimum absolute atomic E-state index is 0.0535. The fraction of sp³-hybridized carbons (Fsp3) is 0.0417. The first kappa shape index (κ1) is 19.7. The van der Waals surface area contributed by atoms with Gasteiger partial charge in [-0.25, -0.2) is 4.98 Å². The lowest BCUT2D eigenvalue weighted by Crippen LogP contribution is -2.29. The van der Waals surface area contributed by atoms with E-state index in [1.54, 1.807) is 24.3 Å². The van der Waals surface area contributed by atoms with Crippen LogP contribution in [0.3, 0.4) is 0 Å². The summed E-state index contributed by atoms with van der Waals surface area (Å²) in [6, 6.07) is 22.9. The average molecular weight is 491 g/mol. The van der Waals surface area contributed by atoms with Crippen LogP contribution >= 0.6 is 27.3 Å². The van der Waals surface area contributed by atoms with Gasteiger partial charge in [0.15, 0.2) is 5.13 Å². The first-order valence-corrected chi connectivity index (χ1v) is 11.1. The number of halogens is 1. The smallest absolute Gasteiger partial charge is 0.301 e. The third-order valence-electron chi connectivity index (χ3n) is 5.17. The fourth-order valence-corrected chi connectivity index (χ4v) is 4.96. The van der Waals surface area contributed by atoms with Crippen molar-refractivity contribution in [1.29, 1.82) is 0 Å². The highest BCUT2D eigenvalue weighted by Gasteiger charge is 2.48. The number of aromatic nitrogens is 1. The van der Waals surface area contributed by atoms with Gasteiger partial charge < -0.3 is 5.11 Å². The molecule has 0 bridgehead atoms. The summed E-state index contributed by atoms with van der Waals surface area (Å²) < 4.78 is 1.79. The van der Waals surface area contributed by atoms with E-state index in [-0.39, 0.29) is 11.3 Å². The van der Waals surface area contributed by atoms with E-state index in [4.69, 9.17) is 0 Å². The van der Waals surface area contributed by atoms with Crippen LogP contribution in [0.1, 0.15) is 17.2 Å². The van der Waals surface area contributed by atoms with Crippen LogP contribution in [0.2, 0.25) is 0 Å². The molecule has 0 spiro atoms. The molecule has 2 heterocycles. The fourth-order valence-electron chi connectivity index (χ4n) is 3.70. The Morgan fingerprint density at radius 2 is 1.61 bits per heavy atom. The van der Waals surface area contributed by atoms with Gasteiger partial charge in [-0.3, -0.25) is 14.5 Å². The highest BCUT2D eigenvalue weighted by atomic mass is 79.9. The largest absolute Gasteiger partial charge is 0.507 e. The van der Waals surface area contributed by atoms with Gasteiger partial charge in [0.1, 0.15) is 5.76 Å². The average Bonchev–Trinajstić information content (AvgIpc) is 3.33. The summed E-state index contributed by atoms with van der Waals surface area (Å²) >= 11 is 4.76. The number of para-hydroxylation sites is 1. The number of fused-ring (bicyclic) bond motifs is 1. The van der Waals surface area contributed by atoms with Gasteiger partial charge >= 0.3 is 5.91 Å². The van der Waals surface area contributed by atoms with E-state index >= 15 is 0 Å².